The minimum Gasteiger partial charge on any atom is -0.493 e. The van der Waals surface area contributed by atoms with Crippen LogP contribution in [0.3, 0.4) is 0 Å². The standard InChI is InChI=1S/C17H19NO/c1-12-7-8-15(9-13(12)2)18-10-14-11-19-17-6-4-3-5-16(14)17/h3-9,14,18H,10-11H2,1-2H3. The summed E-state index contributed by atoms with van der Waals surface area (Å²) in [6.07, 6.45) is 0. The highest BCUT2D eigenvalue weighted by Crippen LogP contribution is 2.33. The number of benzene rings is 2. The highest BCUT2D eigenvalue weighted by Gasteiger charge is 2.23. The molecule has 2 aromatic carbocycles. The van der Waals surface area contributed by atoms with E-state index in [0.717, 1.165) is 18.9 Å². The Morgan fingerprint density at radius 3 is 2.79 bits per heavy atom. The van der Waals surface area contributed by atoms with Crippen LogP contribution in [0.5, 0.6) is 5.75 Å². The molecule has 2 aromatic rings. The largest absolute Gasteiger partial charge is 0.493 e. The number of hydrogen-bond acceptors (Lipinski definition) is 2. The molecule has 0 spiro atoms. The summed E-state index contributed by atoms with van der Waals surface area (Å²) in [5, 5.41) is 3.52. The second kappa shape index (κ2) is 4.96. The molecule has 0 aromatic heterocycles. The summed E-state index contributed by atoms with van der Waals surface area (Å²) in [5.41, 5.74) is 5.17. The summed E-state index contributed by atoms with van der Waals surface area (Å²) in [6, 6.07) is 14.8. The predicted molar refractivity (Wildman–Crippen MR) is 79.1 cm³/mol. The fourth-order valence-electron chi connectivity index (χ4n) is 2.49. The molecule has 1 heterocycles. The van der Waals surface area contributed by atoms with Gasteiger partial charge in [0.15, 0.2) is 0 Å². The summed E-state index contributed by atoms with van der Waals surface area (Å²) in [5.74, 6) is 1.48. The molecule has 1 atom stereocenters. The first-order chi connectivity index (χ1) is 9.24. The number of ether oxygens (including phenoxy) is 1. The van der Waals surface area contributed by atoms with Gasteiger partial charge in [0.1, 0.15) is 5.75 Å². The first-order valence-electron chi connectivity index (χ1n) is 6.77. The molecule has 2 nitrogen and oxygen atoms in total. The lowest BCUT2D eigenvalue weighted by atomic mass is 10.0. The molecule has 3 rings (SSSR count). The molecule has 0 saturated carbocycles. The van der Waals surface area contributed by atoms with Crippen molar-refractivity contribution < 1.29 is 4.74 Å². The van der Waals surface area contributed by atoms with Crippen LogP contribution in [-0.4, -0.2) is 13.2 Å². The minimum absolute atomic E-state index is 0.442. The van der Waals surface area contributed by atoms with Crippen molar-refractivity contribution in [3.05, 3.63) is 59.2 Å². The maximum absolute atomic E-state index is 5.70. The third kappa shape index (κ3) is 2.43. The Morgan fingerprint density at radius 2 is 1.95 bits per heavy atom. The lowest BCUT2D eigenvalue weighted by molar-refractivity contribution is 0.334. The normalized spacial score (nSPS) is 16.8. The second-order valence-corrected chi connectivity index (χ2v) is 5.23. The Balaban J connectivity index is 1.69. The van der Waals surface area contributed by atoms with Gasteiger partial charge in [-0.05, 0) is 43.2 Å². The fraction of sp³-hybridized carbons (Fsp3) is 0.294. The molecular weight excluding hydrogens is 234 g/mol. The van der Waals surface area contributed by atoms with Crippen LogP contribution in [0.1, 0.15) is 22.6 Å². The number of para-hydroxylation sites is 1. The summed E-state index contributed by atoms with van der Waals surface area (Å²) in [7, 11) is 0. The lowest BCUT2D eigenvalue weighted by Crippen LogP contribution is -2.13. The number of fused-ring (bicyclic) bond motifs is 1. The molecule has 98 valence electrons. The molecule has 0 radical (unpaired) electrons. The Hall–Kier alpha value is -1.96. The van der Waals surface area contributed by atoms with Gasteiger partial charge in [-0.15, -0.1) is 0 Å². The van der Waals surface area contributed by atoms with Gasteiger partial charge in [-0.25, -0.2) is 0 Å². The van der Waals surface area contributed by atoms with E-state index < -0.39 is 0 Å². The van der Waals surface area contributed by atoms with Crippen LogP contribution in [0, 0.1) is 13.8 Å². The predicted octanol–water partition coefficient (Wildman–Crippen LogP) is 3.89. The number of aryl methyl sites for hydroxylation is 2. The highest BCUT2D eigenvalue weighted by atomic mass is 16.5. The molecule has 1 aliphatic heterocycles. The number of rotatable bonds is 3. The molecule has 1 N–H and O–H groups in total. The summed E-state index contributed by atoms with van der Waals surface area (Å²) < 4.78 is 5.70. The molecule has 19 heavy (non-hydrogen) atoms. The van der Waals surface area contributed by atoms with Gasteiger partial charge in [0.2, 0.25) is 0 Å². The smallest absolute Gasteiger partial charge is 0.122 e. The van der Waals surface area contributed by atoms with E-state index in [2.05, 4.69) is 49.5 Å². The molecule has 0 fully saturated rings. The van der Waals surface area contributed by atoms with E-state index in [4.69, 9.17) is 4.74 Å². The van der Waals surface area contributed by atoms with Crippen LogP contribution in [0.2, 0.25) is 0 Å². The van der Waals surface area contributed by atoms with Crippen LogP contribution >= 0.6 is 0 Å². The van der Waals surface area contributed by atoms with Crippen molar-refractivity contribution in [3.63, 3.8) is 0 Å². The van der Waals surface area contributed by atoms with E-state index in [1.165, 1.54) is 22.4 Å². The average Bonchev–Trinajstić information content (AvgIpc) is 2.83. The first kappa shape index (κ1) is 12.1. The summed E-state index contributed by atoms with van der Waals surface area (Å²) in [6.45, 7) is 5.98. The minimum atomic E-state index is 0.442. The Bertz CT molecular complexity index is 592. The summed E-state index contributed by atoms with van der Waals surface area (Å²) >= 11 is 0. The quantitative estimate of drug-likeness (QED) is 0.896. The summed E-state index contributed by atoms with van der Waals surface area (Å²) in [4.78, 5) is 0. The van der Waals surface area contributed by atoms with Crippen LogP contribution in [0.15, 0.2) is 42.5 Å². The zero-order valence-corrected chi connectivity index (χ0v) is 11.4. The number of anilines is 1. The molecule has 0 bridgehead atoms. The van der Waals surface area contributed by atoms with Gasteiger partial charge in [0, 0.05) is 23.7 Å². The fourth-order valence-corrected chi connectivity index (χ4v) is 2.49. The van der Waals surface area contributed by atoms with Gasteiger partial charge in [-0.1, -0.05) is 24.3 Å². The Morgan fingerprint density at radius 1 is 1.11 bits per heavy atom. The van der Waals surface area contributed by atoms with Gasteiger partial charge in [-0.3, -0.25) is 0 Å². The average molecular weight is 253 g/mol. The lowest BCUT2D eigenvalue weighted by Gasteiger charge is -2.13. The van der Waals surface area contributed by atoms with E-state index in [1.54, 1.807) is 0 Å². The van der Waals surface area contributed by atoms with E-state index in [1.807, 2.05) is 12.1 Å². The third-order valence-corrected chi connectivity index (χ3v) is 3.86. The molecule has 0 saturated heterocycles. The Kier molecular flexibility index (Phi) is 3.16. The molecule has 0 aliphatic carbocycles. The van der Waals surface area contributed by atoms with Crippen LogP contribution in [-0.2, 0) is 0 Å². The third-order valence-electron chi connectivity index (χ3n) is 3.86. The van der Waals surface area contributed by atoms with Crippen LogP contribution in [0.25, 0.3) is 0 Å². The van der Waals surface area contributed by atoms with Gasteiger partial charge < -0.3 is 10.1 Å². The van der Waals surface area contributed by atoms with E-state index in [-0.39, 0.29) is 0 Å². The van der Waals surface area contributed by atoms with Crippen LogP contribution in [0.4, 0.5) is 5.69 Å². The van der Waals surface area contributed by atoms with Crippen LogP contribution < -0.4 is 10.1 Å². The maximum atomic E-state index is 5.70. The number of nitrogens with one attached hydrogen (secondary N) is 1. The zero-order chi connectivity index (χ0) is 13.2. The van der Waals surface area contributed by atoms with E-state index in [9.17, 15) is 0 Å². The molecule has 0 amide bonds. The first-order valence-corrected chi connectivity index (χ1v) is 6.77. The van der Waals surface area contributed by atoms with Crippen molar-refractivity contribution in [1.29, 1.82) is 0 Å². The van der Waals surface area contributed by atoms with E-state index >= 15 is 0 Å². The van der Waals surface area contributed by atoms with Gasteiger partial charge >= 0.3 is 0 Å². The van der Waals surface area contributed by atoms with Crippen molar-refractivity contribution in [2.75, 3.05) is 18.5 Å². The highest BCUT2D eigenvalue weighted by molar-refractivity contribution is 5.49. The molecule has 1 aliphatic rings. The van der Waals surface area contributed by atoms with Crippen molar-refractivity contribution in [1.82, 2.24) is 0 Å². The van der Waals surface area contributed by atoms with Crippen molar-refractivity contribution in [3.8, 4) is 5.75 Å². The van der Waals surface area contributed by atoms with Gasteiger partial charge in [0.25, 0.3) is 0 Å². The van der Waals surface area contributed by atoms with Gasteiger partial charge in [-0.2, -0.15) is 0 Å². The molecular formula is C17H19NO. The van der Waals surface area contributed by atoms with Crippen molar-refractivity contribution >= 4 is 5.69 Å². The second-order valence-electron chi connectivity index (χ2n) is 5.23. The maximum Gasteiger partial charge on any atom is 0.122 e. The van der Waals surface area contributed by atoms with Crippen molar-refractivity contribution in [2.45, 2.75) is 19.8 Å². The SMILES string of the molecule is Cc1ccc(NCC2COc3ccccc32)cc1C. The number of hydrogen-bond donors (Lipinski definition) is 1. The monoisotopic (exact) mass is 253 g/mol. The molecule has 2 heteroatoms. The van der Waals surface area contributed by atoms with Gasteiger partial charge in [0.05, 0.1) is 6.61 Å². The zero-order valence-electron chi connectivity index (χ0n) is 11.4. The van der Waals surface area contributed by atoms with E-state index in [0.29, 0.717) is 5.92 Å². The molecule has 1 unspecified atom stereocenters. The Labute approximate surface area is 114 Å². The topological polar surface area (TPSA) is 21.3 Å². The van der Waals surface area contributed by atoms with Crippen molar-refractivity contribution in [2.24, 2.45) is 0 Å².